The van der Waals surface area contributed by atoms with Crippen molar-refractivity contribution in [2.75, 3.05) is 6.79 Å². The number of amides is 1. The van der Waals surface area contributed by atoms with Crippen LogP contribution in [0.2, 0.25) is 0 Å². The van der Waals surface area contributed by atoms with Gasteiger partial charge < -0.3 is 14.2 Å². The van der Waals surface area contributed by atoms with Gasteiger partial charge in [0.25, 0.3) is 5.91 Å². The molecule has 6 heteroatoms. The monoisotopic (exact) mass is 374 g/mol. The van der Waals surface area contributed by atoms with E-state index in [0.29, 0.717) is 29.4 Å². The van der Waals surface area contributed by atoms with E-state index in [1.807, 2.05) is 36.4 Å². The highest BCUT2D eigenvalue weighted by Crippen LogP contribution is 2.31. The highest BCUT2D eigenvalue weighted by Gasteiger charge is 2.12. The molecule has 0 atom stereocenters. The zero-order chi connectivity index (χ0) is 19.2. The quantitative estimate of drug-likeness (QED) is 0.527. The van der Waals surface area contributed by atoms with E-state index < -0.39 is 0 Å². The van der Waals surface area contributed by atoms with Gasteiger partial charge in [-0.3, -0.25) is 4.79 Å². The van der Waals surface area contributed by atoms with E-state index in [-0.39, 0.29) is 12.7 Å². The van der Waals surface area contributed by atoms with Gasteiger partial charge in [-0.1, -0.05) is 30.3 Å². The van der Waals surface area contributed by atoms with E-state index >= 15 is 0 Å². The summed E-state index contributed by atoms with van der Waals surface area (Å²) < 4.78 is 16.3. The molecule has 0 aromatic heterocycles. The number of rotatable bonds is 6. The fraction of sp³-hybridized carbons (Fsp3) is 0.0909. The molecule has 28 heavy (non-hydrogen) atoms. The van der Waals surface area contributed by atoms with Crippen LogP contribution in [0.5, 0.6) is 17.2 Å². The molecule has 1 amide bonds. The topological polar surface area (TPSA) is 69.2 Å². The fourth-order valence-corrected chi connectivity index (χ4v) is 2.67. The second kappa shape index (κ2) is 8.26. The summed E-state index contributed by atoms with van der Waals surface area (Å²) in [6.45, 7) is 0.698. The summed E-state index contributed by atoms with van der Waals surface area (Å²) in [6.07, 6.45) is 1.55. The van der Waals surface area contributed by atoms with Crippen LogP contribution in [0.25, 0.3) is 0 Å². The molecule has 0 bridgehead atoms. The molecule has 4 rings (SSSR count). The number of benzene rings is 3. The number of ether oxygens (including phenoxy) is 3. The van der Waals surface area contributed by atoms with Crippen LogP contribution in [-0.4, -0.2) is 18.9 Å². The minimum Gasteiger partial charge on any atom is -0.489 e. The summed E-state index contributed by atoms with van der Waals surface area (Å²) in [6, 6.07) is 22.3. The Morgan fingerprint density at radius 2 is 1.79 bits per heavy atom. The molecule has 0 aliphatic carbocycles. The Hall–Kier alpha value is -3.80. The highest BCUT2D eigenvalue weighted by atomic mass is 16.7. The van der Waals surface area contributed by atoms with Crippen molar-refractivity contribution in [3.05, 3.63) is 89.5 Å². The van der Waals surface area contributed by atoms with Gasteiger partial charge in [0.15, 0.2) is 11.5 Å². The number of hydrazone groups is 1. The van der Waals surface area contributed by atoms with Crippen molar-refractivity contribution >= 4 is 12.1 Å². The molecule has 0 spiro atoms. The molecule has 1 aliphatic heterocycles. The molecule has 0 saturated carbocycles. The van der Waals surface area contributed by atoms with Crippen molar-refractivity contribution < 1.29 is 19.0 Å². The number of nitrogens with zero attached hydrogens (tertiary/aromatic N) is 1. The minimum absolute atomic E-state index is 0.220. The maximum Gasteiger partial charge on any atom is 0.271 e. The van der Waals surface area contributed by atoms with Gasteiger partial charge in [0.1, 0.15) is 12.4 Å². The summed E-state index contributed by atoms with van der Waals surface area (Å²) in [5.74, 6) is 1.77. The third kappa shape index (κ3) is 4.29. The van der Waals surface area contributed by atoms with Crippen LogP contribution < -0.4 is 19.6 Å². The third-order valence-corrected chi connectivity index (χ3v) is 4.14. The standard InChI is InChI=1S/C22H18N2O4/c25-22(24-23-13-17-6-11-20-21(12-17)28-15-27-20)18-7-9-19(10-8-18)26-14-16-4-2-1-3-5-16/h1-13H,14-15H2,(H,24,25). The van der Waals surface area contributed by atoms with Crippen molar-refractivity contribution in [1.82, 2.24) is 5.43 Å². The Morgan fingerprint density at radius 1 is 1.00 bits per heavy atom. The van der Waals surface area contributed by atoms with Crippen LogP contribution in [0.1, 0.15) is 21.5 Å². The van der Waals surface area contributed by atoms with Gasteiger partial charge in [-0.05, 0) is 53.6 Å². The summed E-state index contributed by atoms with van der Waals surface area (Å²) in [7, 11) is 0. The highest BCUT2D eigenvalue weighted by molar-refractivity contribution is 5.95. The molecule has 3 aromatic rings. The zero-order valence-corrected chi connectivity index (χ0v) is 15.0. The Bertz CT molecular complexity index is 985. The molecule has 1 heterocycles. The van der Waals surface area contributed by atoms with Gasteiger partial charge in [0.2, 0.25) is 6.79 Å². The smallest absolute Gasteiger partial charge is 0.271 e. The predicted octanol–water partition coefficient (Wildman–Crippen LogP) is 3.76. The lowest BCUT2D eigenvalue weighted by Crippen LogP contribution is -2.17. The molecule has 6 nitrogen and oxygen atoms in total. The van der Waals surface area contributed by atoms with Crippen molar-refractivity contribution in [3.63, 3.8) is 0 Å². The first-order valence-electron chi connectivity index (χ1n) is 8.78. The van der Waals surface area contributed by atoms with Crippen molar-refractivity contribution in [3.8, 4) is 17.2 Å². The van der Waals surface area contributed by atoms with Crippen LogP contribution in [0.4, 0.5) is 0 Å². The SMILES string of the molecule is O=C(NN=Cc1ccc2c(c1)OCO2)c1ccc(OCc2ccccc2)cc1. The van der Waals surface area contributed by atoms with E-state index in [1.54, 1.807) is 42.6 Å². The molecule has 140 valence electrons. The Labute approximate surface area is 162 Å². The number of hydrogen-bond acceptors (Lipinski definition) is 5. The molecular weight excluding hydrogens is 356 g/mol. The minimum atomic E-state index is -0.299. The Morgan fingerprint density at radius 3 is 2.61 bits per heavy atom. The van der Waals surface area contributed by atoms with E-state index in [1.165, 1.54) is 0 Å². The second-order valence-electron chi connectivity index (χ2n) is 6.11. The molecule has 0 saturated heterocycles. The van der Waals surface area contributed by atoms with Gasteiger partial charge >= 0.3 is 0 Å². The normalized spacial score (nSPS) is 12.1. The zero-order valence-electron chi connectivity index (χ0n) is 15.0. The van der Waals surface area contributed by atoms with Crippen LogP contribution in [0, 0.1) is 0 Å². The Balaban J connectivity index is 1.31. The van der Waals surface area contributed by atoms with E-state index in [4.69, 9.17) is 14.2 Å². The number of nitrogens with one attached hydrogen (secondary N) is 1. The van der Waals surface area contributed by atoms with Gasteiger partial charge in [-0.15, -0.1) is 0 Å². The van der Waals surface area contributed by atoms with Gasteiger partial charge in [0, 0.05) is 5.56 Å². The molecular formula is C22H18N2O4. The predicted molar refractivity (Wildman–Crippen MR) is 105 cm³/mol. The maximum absolute atomic E-state index is 12.2. The number of carbonyl (C=O) groups is 1. The fourth-order valence-electron chi connectivity index (χ4n) is 2.67. The summed E-state index contributed by atoms with van der Waals surface area (Å²) in [5, 5.41) is 3.99. The first-order valence-corrected chi connectivity index (χ1v) is 8.78. The lowest BCUT2D eigenvalue weighted by molar-refractivity contribution is 0.0955. The largest absolute Gasteiger partial charge is 0.489 e. The van der Waals surface area contributed by atoms with Crippen LogP contribution in [0.3, 0.4) is 0 Å². The van der Waals surface area contributed by atoms with Gasteiger partial charge in [0.05, 0.1) is 6.21 Å². The van der Waals surface area contributed by atoms with E-state index in [9.17, 15) is 4.79 Å². The van der Waals surface area contributed by atoms with Crippen LogP contribution in [0.15, 0.2) is 77.9 Å². The lowest BCUT2D eigenvalue weighted by Gasteiger charge is -2.07. The van der Waals surface area contributed by atoms with Crippen LogP contribution >= 0.6 is 0 Å². The van der Waals surface area contributed by atoms with Crippen LogP contribution in [-0.2, 0) is 6.61 Å². The molecule has 1 N–H and O–H groups in total. The molecule has 0 fully saturated rings. The molecule has 0 radical (unpaired) electrons. The first kappa shape index (κ1) is 17.6. The number of fused-ring (bicyclic) bond motifs is 1. The van der Waals surface area contributed by atoms with Crippen molar-refractivity contribution in [2.45, 2.75) is 6.61 Å². The summed E-state index contributed by atoms with van der Waals surface area (Å²) in [5.41, 5.74) is 4.89. The van der Waals surface area contributed by atoms with E-state index in [0.717, 1.165) is 11.1 Å². The third-order valence-electron chi connectivity index (χ3n) is 4.14. The van der Waals surface area contributed by atoms with Crippen molar-refractivity contribution in [2.24, 2.45) is 5.10 Å². The average molecular weight is 374 g/mol. The summed E-state index contributed by atoms with van der Waals surface area (Å²) >= 11 is 0. The Kier molecular flexibility index (Phi) is 5.20. The van der Waals surface area contributed by atoms with Gasteiger partial charge in [-0.25, -0.2) is 5.43 Å². The second-order valence-corrected chi connectivity index (χ2v) is 6.11. The van der Waals surface area contributed by atoms with Crippen molar-refractivity contribution in [1.29, 1.82) is 0 Å². The number of hydrogen-bond donors (Lipinski definition) is 1. The average Bonchev–Trinajstić information content (AvgIpc) is 3.21. The van der Waals surface area contributed by atoms with Gasteiger partial charge in [-0.2, -0.15) is 5.10 Å². The molecule has 0 unspecified atom stereocenters. The first-order chi connectivity index (χ1) is 13.8. The lowest BCUT2D eigenvalue weighted by atomic mass is 10.2. The molecule has 1 aliphatic rings. The summed E-state index contributed by atoms with van der Waals surface area (Å²) in [4.78, 5) is 12.2. The number of carbonyl (C=O) groups excluding carboxylic acids is 1. The van der Waals surface area contributed by atoms with E-state index in [2.05, 4.69) is 10.5 Å². The molecule has 3 aromatic carbocycles. The maximum atomic E-state index is 12.2.